The van der Waals surface area contributed by atoms with Crippen LogP contribution in [-0.4, -0.2) is 39.5 Å². The van der Waals surface area contributed by atoms with Crippen LogP contribution >= 0.6 is 24.0 Å². The molecule has 0 aliphatic carbocycles. The number of hydrogen-bond acceptors (Lipinski definition) is 3. The van der Waals surface area contributed by atoms with E-state index in [9.17, 15) is 8.42 Å². The summed E-state index contributed by atoms with van der Waals surface area (Å²) >= 11 is 0. The molecule has 25 heavy (non-hydrogen) atoms. The number of nitrogens with zero attached hydrogens (tertiary/aromatic N) is 1. The summed E-state index contributed by atoms with van der Waals surface area (Å²) in [6, 6.07) is 8.21. The average Bonchev–Trinajstić information content (AvgIpc) is 2.49. The van der Waals surface area contributed by atoms with E-state index >= 15 is 0 Å². The zero-order chi connectivity index (χ0) is 18.2. The largest absolute Gasteiger partial charge is 0.357 e. The minimum atomic E-state index is -2.93. The zero-order valence-corrected chi connectivity index (χ0v) is 19.1. The molecule has 0 unspecified atom stereocenters. The number of nitrogens with one attached hydrogen (secondary N) is 2. The number of sulfone groups is 1. The molecule has 144 valence electrons. The number of aliphatic imine (C=N–C) groups is 1. The SMILES string of the molecule is CCNC(=NCc1ccccc1C)NCC(C)(C)CCS(C)(=O)=O.I. The van der Waals surface area contributed by atoms with E-state index < -0.39 is 9.84 Å². The molecule has 0 heterocycles. The molecule has 1 aromatic carbocycles. The van der Waals surface area contributed by atoms with E-state index in [2.05, 4.69) is 48.5 Å². The van der Waals surface area contributed by atoms with Crippen molar-refractivity contribution < 1.29 is 8.42 Å². The average molecular weight is 481 g/mol. The number of rotatable bonds is 8. The van der Waals surface area contributed by atoms with Crippen LogP contribution in [0.5, 0.6) is 0 Å². The molecule has 1 rings (SSSR count). The summed E-state index contributed by atoms with van der Waals surface area (Å²) < 4.78 is 22.7. The van der Waals surface area contributed by atoms with E-state index in [0.717, 1.165) is 12.5 Å². The number of guanidine groups is 1. The summed E-state index contributed by atoms with van der Waals surface area (Å²) in [5, 5.41) is 6.57. The Morgan fingerprint density at radius 2 is 1.84 bits per heavy atom. The molecular weight excluding hydrogens is 449 g/mol. The van der Waals surface area contributed by atoms with Crippen molar-refractivity contribution in [2.24, 2.45) is 10.4 Å². The van der Waals surface area contributed by atoms with Crippen LogP contribution < -0.4 is 10.6 Å². The fourth-order valence-electron chi connectivity index (χ4n) is 2.17. The highest BCUT2D eigenvalue weighted by atomic mass is 127. The van der Waals surface area contributed by atoms with Gasteiger partial charge in [-0.15, -0.1) is 24.0 Å². The van der Waals surface area contributed by atoms with Crippen LogP contribution in [0.25, 0.3) is 0 Å². The lowest BCUT2D eigenvalue weighted by Gasteiger charge is -2.25. The summed E-state index contributed by atoms with van der Waals surface area (Å²) in [6.07, 6.45) is 1.90. The quantitative estimate of drug-likeness (QED) is 0.340. The molecule has 2 N–H and O–H groups in total. The summed E-state index contributed by atoms with van der Waals surface area (Å²) in [5.74, 6) is 0.964. The van der Waals surface area contributed by atoms with Crippen molar-refractivity contribution in [3.63, 3.8) is 0 Å². The predicted molar refractivity (Wildman–Crippen MR) is 118 cm³/mol. The van der Waals surface area contributed by atoms with Crippen LogP contribution in [0, 0.1) is 12.3 Å². The molecule has 0 aliphatic rings. The number of halogens is 1. The smallest absolute Gasteiger partial charge is 0.191 e. The highest BCUT2D eigenvalue weighted by Crippen LogP contribution is 2.19. The Hall–Kier alpha value is -0.830. The van der Waals surface area contributed by atoms with Crippen molar-refractivity contribution in [3.8, 4) is 0 Å². The summed E-state index contributed by atoms with van der Waals surface area (Å²) in [5.41, 5.74) is 2.30. The van der Waals surface area contributed by atoms with Crippen LogP contribution in [0.15, 0.2) is 29.3 Å². The molecule has 0 bridgehead atoms. The number of hydrogen-bond donors (Lipinski definition) is 2. The molecule has 0 aliphatic heterocycles. The Bertz CT molecular complexity index is 658. The molecule has 0 atom stereocenters. The van der Waals surface area contributed by atoms with Crippen molar-refractivity contribution in [2.75, 3.05) is 25.1 Å². The van der Waals surface area contributed by atoms with Crippen LogP contribution in [0.2, 0.25) is 0 Å². The third-order valence-corrected chi connectivity index (χ3v) is 4.84. The van der Waals surface area contributed by atoms with Gasteiger partial charge in [-0.25, -0.2) is 13.4 Å². The third-order valence-electron chi connectivity index (χ3n) is 3.90. The molecule has 7 heteroatoms. The molecule has 0 spiro atoms. The van der Waals surface area contributed by atoms with Crippen LogP contribution in [0.1, 0.15) is 38.3 Å². The van der Waals surface area contributed by atoms with Gasteiger partial charge in [0.25, 0.3) is 0 Å². The van der Waals surface area contributed by atoms with E-state index in [-0.39, 0.29) is 35.1 Å². The fourth-order valence-corrected chi connectivity index (χ4v) is 3.09. The van der Waals surface area contributed by atoms with Gasteiger partial charge in [-0.2, -0.15) is 0 Å². The van der Waals surface area contributed by atoms with E-state index in [1.165, 1.54) is 17.4 Å². The van der Waals surface area contributed by atoms with Gasteiger partial charge < -0.3 is 10.6 Å². The Labute approximate surface area is 170 Å². The summed E-state index contributed by atoms with van der Waals surface area (Å²) in [7, 11) is -2.93. The zero-order valence-electron chi connectivity index (χ0n) is 15.9. The Kier molecular flexibility index (Phi) is 10.6. The van der Waals surface area contributed by atoms with E-state index in [4.69, 9.17) is 0 Å². The van der Waals surface area contributed by atoms with Crippen molar-refractivity contribution in [2.45, 2.75) is 40.7 Å². The molecule has 5 nitrogen and oxygen atoms in total. The van der Waals surface area contributed by atoms with Gasteiger partial charge in [-0.05, 0) is 36.8 Å². The Morgan fingerprint density at radius 1 is 1.20 bits per heavy atom. The van der Waals surface area contributed by atoms with Crippen LogP contribution in [0.4, 0.5) is 0 Å². The van der Waals surface area contributed by atoms with E-state index in [1.54, 1.807) is 0 Å². The Morgan fingerprint density at radius 3 is 2.40 bits per heavy atom. The number of benzene rings is 1. The van der Waals surface area contributed by atoms with Gasteiger partial charge in [0.2, 0.25) is 0 Å². The standard InChI is InChI=1S/C18H31N3O2S.HI/c1-6-19-17(20-13-16-10-8-7-9-15(16)2)21-14-18(3,4)11-12-24(5,22)23;/h7-10H,6,11-14H2,1-5H3,(H2,19,20,21);1H. The molecule has 1 aromatic rings. The fraction of sp³-hybridized carbons (Fsp3) is 0.611. The summed E-state index contributed by atoms with van der Waals surface area (Å²) in [6.45, 7) is 10.3. The first-order chi connectivity index (χ1) is 11.1. The van der Waals surface area contributed by atoms with Gasteiger partial charge in [0.05, 0.1) is 12.3 Å². The van der Waals surface area contributed by atoms with Crippen molar-refractivity contribution >= 4 is 39.8 Å². The third kappa shape index (κ3) is 10.7. The lowest BCUT2D eigenvalue weighted by atomic mass is 9.90. The second-order valence-electron chi connectivity index (χ2n) is 7.02. The summed E-state index contributed by atoms with van der Waals surface area (Å²) in [4.78, 5) is 4.63. The molecule has 0 radical (unpaired) electrons. The van der Waals surface area contributed by atoms with Gasteiger partial charge in [0.1, 0.15) is 9.84 Å². The monoisotopic (exact) mass is 481 g/mol. The van der Waals surface area contributed by atoms with E-state index in [0.29, 0.717) is 19.5 Å². The lowest BCUT2D eigenvalue weighted by molar-refractivity contribution is 0.348. The molecule has 0 aromatic heterocycles. The maximum atomic E-state index is 11.4. The van der Waals surface area contributed by atoms with Crippen LogP contribution in [-0.2, 0) is 16.4 Å². The first-order valence-corrected chi connectivity index (χ1v) is 10.4. The minimum absolute atomic E-state index is 0. The highest BCUT2D eigenvalue weighted by molar-refractivity contribution is 14.0. The topological polar surface area (TPSA) is 70.6 Å². The maximum Gasteiger partial charge on any atom is 0.191 e. The van der Waals surface area contributed by atoms with Gasteiger partial charge in [-0.1, -0.05) is 38.1 Å². The van der Waals surface area contributed by atoms with Gasteiger partial charge in [0.15, 0.2) is 5.96 Å². The minimum Gasteiger partial charge on any atom is -0.357 e. The second-order valence-corrected chi connectivity index (χ2v) is 9.28. The highest BCUT2D eigenvalue weighted by Gasteiger charge is 2.20. The number of aryl methyl sites for hydroxylation is 1. The first-order valence-electron chi connectivity index (χ1n) is 8.37. The molecule has 0 saturated heterocycles. The predicted octanol–water partition coefficient (Wildman–Crippen LogP) is 3.13. The second kappa shape index (κ2) is 11.0. The molecular formula is C18H32IN3O2S. The van der Waals surface area contributed by atoms with Gasteiger partial charge in [0, 0.05) is 19.3 Å². The lowest BCUT2D eigenvalue weighted by Crippen LogP contribution is -2.42. The Balaban J connectivity index is 0.00000576. The first kappa shape index (κ1) is 24.2. The van der Waals surface area contributed by atoms with Crippen molar-refractivity contribution in [1.29, 1.82) is 0 Å². The molecule has 0 amide bonds. The van der Waals surface area contributed by atoms with Crippen molar-refractivity contribution in [3.05, 3.63) is 35.4 Å². The molecule has 0 fully saturated rings. The van der Waals surface area contributed by atoms with Crippen molar-refractivity contribution in [1.82, 2.24) is 10.6 Å². The van der Waals surface area contributed by atoms with E-state index in [1.807, 2.05) is 19.1 Å². The maximum absolute atomic E-state index is 11.4. The van der Waals surface area contributed by atoms with Gasteiger partial charge in [-0.3, -0.25) is 0 Å². The van der Waals surface area contributed by atoms with Crippen LogP contribution in [0.3, 0.4) is 0 Å². The normalized spacial score (nSPS) is 12.4. The molecule has 0 saturated carbocycles. The van der Waals surface area contributed by atoms with Gasteiger partial charge >= 0.3 is 0 Å².